The quantitative estimate of drug-likeness (QED) is 0.425. The molecule has 0 saturated heterocycles. The number of hydrogen-bond donors (Lipinski definition) is 2. The maximum atomic E-state index is 11.7. The third-order valence-electron chi connectivity index (χ3n) is 10.5. The molecule has 4 aliphatic rings. The summed E-state index contributed by atoms with van der Waals surface area (Å²) in [6.07, 6.45) is 3.23. The molecule has 4 aliphatic carbocycles. The van der Waals surface area contributed by atoms with Gasteiger partial charge in [-0.05, 0) is 104 Å². The van der Waals surface area contributed by atoms with Crippen LogP contribution in [0.15, 0.2) is 0 Å². The lowest BCUT2D eigenvalue weighted by atomic mass is 9.43. The molecule has 0 heterocycles. The van der Waals surface area contributed by atoms with E-state index in [4.69, 9.17) is 4.18 Å². The number of aliphatic carboxylic acids is 1. The van der Waals surface area contributed by atoms with Gasteiger partial charge in [0.15, 0.2) is 0 Å². The Hall–Kier alpha value is -0.740. The molecule has 4 rings (SSSR count). The maximum absolute atomic E-state index is 11.7. The largest absolute Gasteiger partial charge is 0.726 e. The van der Waals surface area contributed by atoms with E-state index in [1.54, 1.807) is 0 Å². The van der Waals surface area contributed by atoms with Crippen molar-refractivity contribution in [3.63, 3.8) is 0 Å². The summed E-state index contributed by atoms with van der Waals surface area (Å²) in [5, 5.41) is 32.9. The van der Waals surface area contributed by atoms with E-state index in [0.717, 1.165) is 19.3 Å². The third kappa shape index (κ3) is 4.37. The van der Waals surface area contributed by atoms with E-state index in [-0.39, 0.29) is 47.3 Å². The van der Waals surface area contributed by atoms with Gasteiger partial charge in [-0.15, -0.1) is 0 Å². The fraction of sp³-hybridized carbons (Fsp3) is 0.958. The molecule has 2 N–H and O–H groups in total. The Bertz CT molecular complexity index is 861. The molecule has 0 aromatic rings. The van der Waals surface area contributed by atoms with E-state index in [0.29, 0.717) is 32.1 Å². The summed E-state index contributed by atoms with van der Waals surface area (Å²) in [4.78, 5) is 11.0. The van der Waals surface area contributed by atoms with Crippen LogP contribution in [0.4, 0.5) is 0 Å². The summed E-state index contributed by atoms with van der Waals surface area (Å²) in [6.45, 7) is 6.29. The van der Waals surface area contributed by atoms with E-state index >= 15 is 0 Å². The van der Waals surface area contributed by atoms with E-state index in [1.807, 2.05) is 6.92 Å². The number of aliphatic hydroxyl groups is 2. The van der Waals surface area contributed by atoms with Gasteiger partial charge in [-0.25, -0.2) is 8.42 Å². The molecule has 8 nitrogen and oxygen atoms in total. The SMILES string of the molecule is C[C@H](CCC(=O)[O-])[C@H]1CC[C@H]2[C@@H]3[C@H](OS(=O)(=O)[O-])C[C@@H]4C[C@H](O)CC[C@]4(C)[C@H]3C[C@H](O)[C@]12C. The highest BCUT2D eigenvalue weighted by Gasteiger charge is 2.66. The first-order valence-corrected chi connectivity index (χ1v) is 13.8. The fourth-order valence-corrected chi connectivity index (χ4v) is 9.41. The molecule has 0 spiro atoms. The minimum Gasteiger partial charge on any atom is -0.726 e. The average molecular weight is 487 g/mol. The van der Waals surface area contributed by atoms with Gasteiger partial charge in [0.25, 0.3) is 0 Å². The van der Waals surface area contributed by atoms with Crippen molar-refractivity contribution >= 4 is 16.4 Å². The number of carbonyl (C=O) groups is 1. The highest BCUT2D eigenvalue weighted by atomic mass is 32.3. The molecule has 9 heteroatoms. The first kappa shape index (κ1) is 25.4. The van der Waals surface area contributed by atoms with Gasteiger partial charge in [0.2, 0.25) is 10.4 Å². The minimum atomic E-state index is -4.90. The van der Waals surface area contributed by atoms with Crippen molar-refractivity contribution in [2.45, 2.75) is 96.9 Å². The van der Waals surface area contributed by atoms with Crippen LogP contribution in [0.3, 0.4) is 0 Å². The normalized spacial score (nSPS) is 48.4. The third-order valence-corrected chi connectivity index (χ3v) is 11.0. The zero-order valence-corrected chi connectivity index (χ0v) is 20.6. The first-order chi connectivity index (χ1) is 15.3. The zero-order valence-electron chi connectivity index (χ0n) is 19.8. The van der Waals surface area contributed by atoms with Crippen LogP contribution < -0.4 is 5.11 Å². The van der Waals surface area contributed by atoms with E-state index in [9.17, 15) is 33.1 Å². The summed E-state index contributed by atoms with van der Waals surface area (Å²) in [6, 6.07) is 0. The van der Waals surface area contributed by atoms with Gasteiger partial charge in [-0.1, -0.05) is 20.8 Å². The molecule has 0 aromatic heterocycles. The number of aliphatic hydroxyl groups excluding tert-OH is 2. The van der Waals surface area contributed by atoms with Crippen molar-refractivity contribution in [1.29, 1.82) is 0 Å². The van der Waals surface area contributed by atoms with Gasteiger partial charge in [0.1, 0.15) is 0 Å². The Kier molecular flexibility index (Phi) is 6.71. The highest BCUT2D eigenvalue weighted by Crippen LogP contribution is 2.68. The van der Waals surface area contributed by atoms with Gasteiger partial charge in [-0.2, -0.15) is 0 Å². The highest BCUT2D eigenvalue weighted by molar-refractivity contribution is 7.80. The summed E-state index contributed by atoms with van der Waals surface area (Å²) in [5.41, 5.74) is -0.657. The molecular formula is C24H38O8S-2. The molecule has 4 saturated carbocycles. The lowest BCUT2D eigenvalue weighted by Crippen LogP contribution is -2.63. The van der Waals surface area contributed by atoms with Crippen LogP contribution in [-0.4, -0.2) is 47.5 Å². The molecule has 4 fully saturated rings. The molecule has 33 heavy (non-hydrogen) atoms. The van der Waals surface area contributed by atoms with Crippen molar-refractivity contribution in [3.05, 3.63) is 0 Å². The predicted molar refractivity (Wildman–Crippen MR) is 116 cm³/mol. The van der Waals surface area contributed by atoms with Crippen LogP contribution in [0, 0.1) is 46.3 Å². The molecule has 0 amide bonds. The van der Waals surface area contributed by atoms with Gasteiger partial charge >= 0.3 is 0 Å². The van der Waals surface area contributed by atoms with Crippen LogP contribution in [0.1, 0.15) is 78.6 Å². The van der Waals surface area contributed by atoms with Crippen LogP contribution >= 0.6 is 0 Å². The number of carbonyl (C=O) groups excluding carboxylic acids is 1. The zero-order chi connectivity index (χ0) is 24.3. The lowest BCUT2D eigenvalue weighted by molar-refractivity contribution is -0.306. The smallest absolute Gasteiger partial charge is 0.217 e. The summed E-state index contributed by atoms with van der Waals surface area (Å²) in [5.74, 6) is -1.06. The second kappa shape index (κ2) is 8.73. The van der Waals surface area contributed by atoms with Gasteiger partial charge in [-0.3, -0.25) is 4.18 Å². The maximum Gasteiger partial charge on any atom is 0.217 e. The molecule has 0 bridgehead atoms. The number of carboxylic acids is 1. The van der Waals surface area contributed by atoms with Crippen molar-refractivity contribution < 1.29 is 37.3 Å². The van der Waals surface area contributed by atoms with E-state index in [2.05, 4.69) is 13.8 Å². The summed E-state index contributed by atoms with van der Waals surface area (Å²) >= 11 is 0. The van der Waals surface area contributed by atoms with Crippen molar-refractivity contribution in [2.24, 2.45) is 46.3 Å². The number of fused-ring (bicyclic) bond motifs is 5. The van der Waals surface area contributed by atoms with Gasteiger partial charge in [0, 0.05) is 5.97 Å². The minimum absolute atomic E-state index is 0.000788. The topological polar surface area (TPSA) is 147 Å². The number of hydrogen-bond acceptors (Lipinski definition) is 8. The Morgan fingerprint density at radius 3 is 2.45 bits per heavy atom. The Morgan fingerprint density at radius 2 is 1.82 bits per heavy atom. The Morgan fingerprint density at radius 1 is 1.12 bits per heavy atom. The summed E-state index contributed by atoms with van der Waals surface area (Å²) < 4.78 is 40.3. The Labute approximate surface area is 197 Å². The average Bonchev–Trinajstić information content (AvgIpc) is 3.05. The first-order valence-electron chi connectivity index (χ1n) is 12.5. The van der Waals surface area contributed by atoms with Crippen LogP contribution in [0.25, 0.3) is 0 Å². The molecular weight excluding hydrogens is 448 g/mol. The van der Waals surface area contributed by atoms with Crippen LogP contribution in [0.2, 0.25) is 0 Å². The molecule has 0 aliphatic heterocycles. The number of rotatable bonds is 6. The standard InChI is InChI=1S/C24H40O8S/c1-13(4-7-21(27)28)16-5-6-17-22-18(12-20(26)24(16,17)3)23(2)9-8-15(25)10-14(23)11-19(22)32-33(29,30)31/h13-20,22,25-26H,4-12H2,1-3H3,(H,27,28)(H,29,30,31)/p-2/t13-,14+,15-,16-,17+,18+,19-,20+,22+,23+,24-/m1/s1. The predicted octanol–water partition coefficient (Wildman–Crippen LogP) is 1.60. The Balaban J connectivity index is 1.69. The van der Waals surface area contributed by atoms with Crippen LogP contribution in [0.5, 0.6) is 0 Å². The molecule has 11 atom stereocenters. The van der Waals surface area contributed by atoms with Crippen molar-refractivity contribution in [2.75, 3.05) is 0 Å². The molecule has 0 unspecified atom stereocenters. The second-order valence-corrected chi connectivity index (χ2v) is 12.9. The molecule has 0 radical (unpaired) electrons. The second-order valence-electron chi connectivity index (χ2n) is 11.9. The van der Waals surface area contributed by atoms with Crippen molar-refractivity contribution in [1.82, 2.24) is 0 Å². The van der Waals surface area contributed by atoms with Crippen molar-refractivity contribution in [3.8, 4) is 0 Å². The fourth-order valence-electron chi connectivity index (χ4n) is 8.90. The monoisotopic (exact) mass is 486 g/mol. The van der Waals surface area contributed by atoms with Gasteiger partial charge in [0.05, 0.1) is 18.3 Å². The van der Waals surface area contributed by atoms with E-state index in [1.165, 1.54) is 0 Å². The number of carboxylic acid groups (broad SMARTS) is 1. The molecule has 0 aromatic carbocycles. The summed E-state index contributed by atoms with van der Waals surface area (Å²) in [7, 11) is -4.90. The molecule has 190 valence electrons. The van der Waals surface area contributed by atoms with E-state index < -0.39 is 40.1 Å². The van der Waals surface area contributed by atoms with Crippen LogP contribution in [-0.2, 0) is 19.4 Å². The van der Waals surface area contributed by atoms with Gasteiger partial charge < -0.3 is 24.7 Å². The lowest BCUT2D eigenvalue weighted by Gasteiger charge is -2.64.